The molecule has 1 fully saturated rings. The lowest BCUT2D eigenvalue weighted by molar-refractivity contribution is -0.122. The standard InChI is InChI=1S/C25H18BrNO2/c1-13-10-11-14(12-19(13)26)27-24(28)22-20-15-6-2-3-7-16(15)21(23(22)25(27)29)18-9-5-4-8-17(18)20/h2-12,20-23H,1H3/t20?,21?,22-,23+. The first kappa shape index (κ1) is 17.2. The zero-order valence-electron chi connectivity index (χ0n) is 15.8. The van der Waals surface area contributed by atoms with Crippen LogP contribution >= 0.6 is 15.9 Å². The Morgan fingerprint density at radius 2 is 1.17 bits per heavy atom. The van der Waals surface area contributed by atoms with E-state index in [0.29, 0.717) is 5.69 Å². The predicted octanol–water partition coefficient (Wildman–Crippen LogP) is 5.15. The maximum absolute atomic E-state index is 13.6. The van der Waals surface area contributed by atoms with Crippen LogP contribution in [0.5, 0.6) is 0 Å². The molecule has 2 bridgehead atoms. The van der Waals surface area contributed by atoms with Gasteiger partial charge in [0.25, 0.3) is 0 Å². The average Bonchev–Trinajstić information content (AvgIpc) is 3.01. The van der Waals surface area contributed by atoms with Crippen molar-refractivity contribution in [2.75, 3.05) is 4.90 Å². The van der Waals surface area contributed by atoms with Gasteiger partial charge < -0.3 is 0 Å². The maximum Gasteiger partial charge on any atom is 0.238 e. The minimum absolute atomic E-state index is 0.0623. The van der Waals surface area contributed by atoms with E-state index in [2.05, 4.69) is 40.2 Å². The molecule has 0 aromatic heterocycles. The molecule has 29 heavy (non-hydrogen) atoms. The van der Waals surface area contributed by atoms with Crippen molar-refractivity contribution in [3.8, 4) is 0 Å². The van der Waals surface area contributed by atoms with Crippen LogP contribution in [0.2, 0.25) is 0 Å². The lowest BCUT2D eigenvalue weighted by atomic mass is 9.55. The van der Waals surface area contributed by atoms with Gasteiger partial charge in [-0.25, -0.2) is 4.90 Å². The zero-order chi connectivity index (χ0) is 19.9. The van der Waals surface area contributed by atoms with E-state index in [9.17, 15) is 9.59 Å². The number of rotatable bonds is 1. The van der Waals surface area contributed by atoms with E-state index in [1.165, 1.54) is 27.2 Å². The average molecular weight is 444 g/mol. The normalized spacial score (nSPS) is 26.3. The number of imide groups is 1. The molecule has 2 amide bonds. The Morgan fingerprint density at radius 1 is 0.724 bits per heavy atom. The van der Waals surface area contributed by atoms with Crippen molar-refractivity contribution in [2.24, 2.45) is 11.8 Å². The summed E-state index contributed by atoms with van der Waals surface area (Å²) < 4.78 is 0.903. The van der Waals surface area contributed by atoms with Crippen molar-refractivity contribution < 1.29 is 9.59 Å². The van der Waals surface area contributed by atoms with Crippen LogP contribution in [0.25, 0.3) is 0 Å². The molecule has 1 saturated heterocycles. The third-order valence-electron chi connectivity index (χ3n) is 6.86. The summed E-state index contributed by atoms with van der Waals surface area (Å²) in [6.45, 7) is 1.99. The minimum atomic E-state index is -0.336. The van der Waals surface area contributed by atoms with Gasteiger partial charge >= 0.3 is 0 Å². The van der Waals surface area contributed by atoms with Crippen LogP contribution in [0.15, 0.2) is 71.2 Å². The SMILES string of the molecule is Cc1ccc(N2C(=O)[C@@H]3C4c5ccccc5C(c5ccccc54)[C@@H]3C2=O)cc1Br. The van der Waals surface area contributed by atoms with Crippen LogP contribution in [-0.4, -0.2) is 11.8 Å². The molecular formula is C25H18BrNO2. The molecule has 4 heteroatoms. The summed E-state index contributed by atoms with van der Waals surface area (Å²) in [4.78, 5) is 28.7. The highest BCUT2D eigenvalue weighted by Gasteiger charge is 2.61. The minimum Gasteiger partial charge on any atom is -0.274 e. The van der Waals surface area contributed by atoms with Crippen molar-refractivity contribution in [1.82, 2.24) is 0 Å². The molecule has 1 aliphatic heterocycles. The molecule has 3 aliphatic carbocycles. The number of benzene rings is 3. The quantitative estimate of drug-likeness (QED) is 0.487. The van der Waals surface area contributed by atoms with Gasteiger partial charge in [-0.05, 0) is 46.9 Å². The van der Waals surface area contributed by atoms with Gasteiger partial charge in [-0.3, -0.25) is 9.59 Å². The fourth-order valence-corrected chi connectivity index (χ4v) is 6.02. The molecule has 142 valence electrons. The van der Waals surface area contributed by atoms with E-state index in [0.717, 1.165) is 10.0 Å². The fourth-order valence-electron chi connectivity index (χ4n) is 5.65. The summed E-state index contributed by atoms with van der Waals surface area (Å²) in [5.41, 5.74) is 6.52. The van der Waals surface area contributed by atoms with Crippen molar-refractivity contribution in [3.05, 3.63) is 99.0 Å². The van der Waals surface area contributed by atoms with E-state index in [4.69, 9.17) is 0 Å². The summed E-state index contributed by atoms with van der Waals surface area (Å²) in [7, 11) is 0. The van der Waals surface area contributed by atoms with Gasteiger partial charge in [0.1, 0.15) is 0 Å². The first-order valence-corrected chi connectivity index (χ1v) is 10.7. The van der Waals surface area contributed by atoms with Gasteiger partial charge in [-0.2, -0.15) is 0 Å². The van der Waals surface area contributed by atoms with Crippen LogP contribution in [0.4, 0.5) is 5.69 Å². The number of hydrogen-bond donors (Lipinski definition) is 0. The Morgan fingerprint density at radius 3 is 1.59 bits per heavy atom. The number of amides is 2. The van der Waals surface area contributed by atoms with E-state index >= 15 is 0 Å². The second-order valence-corrected chi connectivity index (χ2v) is 9.06. The Kier molecular flexibility index (Phi) is 3.49. The van der Waals surface area contributed by atoms with E-state index in [-0.39, 0.29) is 35.5 Å². The van der Waals surface area contributed by atoms with Crippen LogP contribution in [0.3, 0.4) is 0 Å². The molecule has 7 rings (SSSR count). The van der Waals surface area contributed by atoms with Crippen LogP contribution in [0.1, 0.15) is 39.7 Å². The lowest BCUT2D eigenvalue weighted by Gasteiger charge is -2.45. The number of nitrogens with zero attached hydrogens (tertiary/aromatic N) is 1. The lowest BCUT2D eigenvalue weighted by Crippen LogP contribution is -2.41. The smallest absolute Gasteiger partial charge is 0.238 e. The maximum atomic E-state index is 13.6. The van der Waals surface area contributed by atoms with Gasteiger partial charge in [0.2, 0.25) is 11.8 Å². The Bertz CT molecular complexity index is 1100. The molecule has 0 radical (unpaired) electrons. The molecule has 0 N–H and O–H groups in total. The number of hydrogen-bond acceptors (Lipinski definition) is 2. The second-order valence-electron chi connectivity index (χ2n) is 8.21. The van der Waals surface area contributed by atoms with Crippen molar-refractivity contribution >= 4 is 33.4 Å². The van der Waals surface area contributed by atoms with Crippen LogP contribution in [0, 0.1) is 18.8 Å². The van der Waals surface area contributed by atoms with Crippen LogP contribution < -0.4 is 4.90 Å². The summed E-state index contributed by atoms with van der Waals surface area (Å²) in [6, 6.07) is 22.3. The number of aryl methyl sites for hydroxylation is 1. The van der Waals surface area contributed by atoms with Gasteiger partial charge in [0.15, 0.2) is 0 Å². The van der Waals surface area contributed by atoms with E-state index in [1.54, 1.807) is 0 Å². The van der Waals surface area contributed by atoms with Crippen molar-refractivity contribution in [2.45, 2.75) is 18.8 Å². The topological polar surface area (TPSA) is 37.4 Å². The largest absolute Gasteiger partial charge is 0.274 e. The van der Waals surface area contributed by atoms with Gasteiger partial charge in [-0.1, -0.05) is 70.5 Å². The summed E-state index contributed by atoms with van der Waals surface area (Å²) in [5.74, 6) is -0.945. The fraction of sp³-hybridized carbons (Fsp3) is 0.200. The van der Waals surface area contributed by atoms with Gasteiger partial charge in [-0.15, -0.1) is 0 Å². The Labute approximate surface area is 177 Å². The summed E-state index contributed by atoms with van der Waals surface area (Å²) in [6.07, 6.45) is 0. The van der Waals surface area contributed by atoms with Crippen molar-refractivity contribution in [1.29, 1.82) is 0 Å². The molecular weight excluding hydrogens is 426 g/mol. The molecule has 0 spiro atoms. The predicted molar refractivity (Wildman–Crippen MR) is 115 cm³/mol. The molecule has 3 nitrogen and oxygen atoms in total. The second kappa shape index (κ2) is 5.90. The first-order valence-electron chi connectivity index (χ1n) is 9.89. The zero-order valence-corrected chi connectivity index (χ0v) is 17.4. The molecule has 4 aliphatic rings. The van der Waals surface area contributed by atoms with Crippen molar-refractivity contribution in [3.63, 3.8) is 0 Å². The highest BCUT2D eigenvalue weighted by molar-refractivity contribution is 9.10. The Balaban J connectivity index is 1.56. The monoisotopic (exact) mass is 443 g/mol. The molecule has 3 aromatic rings. The van der Waals surface area contributed by atoms with Gasteiger partial charge in [0, 0.05) is 16.3 Å². The number of anilines is 1. The van der Waals surface area contributed by atoms with Crippen LogP contribution in [-0.2, 0) is 9.59 Å². The third-order valence-corrected chi connectivity index (χ3v) is 7.72. The number of carbonyl (C=O) groups is 2. The molecule has 0 unspecified atom stereocenters. The number of halogens is 1. The third kappa shape index (κ3) is 2.13. The van der Waals surface area contributed by atoms with E-state index in [1.807, 2.05) is 49.4 Å². The summed E-state index contributed by atoms with van der Waals surface area (Å²) in [5, 5.41) is 0. The Hall–Kier alpha value is -2.72. The number of carbonyl (C=O) groups excluding carboxylic acids is 2. The molecule has 1 heterocycles. The van der Waals surface area contributed by atoms with E-state index < -0.39 is 0 Å². The first-order chi connectivity index (χ1) is 14.1. The molecule has 3 aromatic carbocycles. The van der Waals surface area contributed by atoms with Gasteiger partial charge in [0.05, 0.1) is 17.5 Å². The highest BCUT2D eigenvalue weighted by Crippen LogP contribution is 2.61. The molecule has 0 saturated carbocycles. The molecule has 2 atom stereocenters. The summed E-state index contributed by atoms with van der Waals surface area (Å²) >= 11 is 3.54. The highest BCUT2D eigenvalue weighted by atomic mass is 79.9.